The number of hydrogen-bond donors (Lipinski definition) is 2. The van der Waals surface area contributed by atoms with Crippen LogP contribution in [0.3, 0.4) is 0 Å². The number of benzene rings is 3. The fourth-order valence-electron chi connectivity index (χ4n) is 4.24. The monoisotopic (exact) mass is 516 g/mol. The predicted octanol–water partition coefficient (Wildman–Crippen LogP) is 4.89. The Morgan fingerprint density at radius 3 is 2.66 bits per heavy atom. The lowest BCUT2D eigenvalue weighted by Crippen LogP contribution is -2.35. The van der Waals surface area contributed by atoms with Crippen LogP contribution < -0.4 is 15.8 Å². The molecule has 8 nitrogen and oxygen atoms in total. The predicted molar refractivity (Wildman–Crippen MR) is 144 cm³/mol. The lowest BCUT2D eigenvalue weighted by Gasteiger charge is -2.21. The van der Waals surface area contributed by atoms with Crippen LogP contribution in [0.25, 0.3) is 22.1 Å². The number of hydrogen-bond acceptors (Lipinski definition) is 7. The Balaban J connectivity index is 1.62. The zero-order valence-electron chi connectivity index (χ0n) is 21.6. The minimum absolute atomic E-state index is 0.119. The number of furan rings is 1. The van der Waals surface area contributed by atoms with Gasteiger partial charge < -0.3 is 29.7 Å². The molecule has 4 aromatic rings. The number of nitrogens with two attached hydrogens (primary N) is 1. The van der Waals surface area contributed by atoms with E-state index in [1.54, 1.807) is 31.4 Å². The summed E-state index contributed by atoms with van der Waals surface area (Å²) in [7, 11) is 1.51. The van der Waals surface area contributed by atoms with E-state index in [0.717, 1.165) is 33.2 Å². The van der Waals surface area contributed by atoms with E-state index in [2.05, 4.69) is 5.32 Å². The first kappa shape index (κ1) is 26.9. The summed E-state index contributed by atoms with van der Waals surface area (Å²) in [5.41, 5.74) is 11.0. The second-order valence-corrected chi connectivity index (χ2v) is 8.71. The van der Waals surface area contributed by atoms with Gasteiger partial charge in [-0.1, -0.05) is 36.4 Å². The van der Waals surface area contributed by atoms with E-state index in [1.165, 1.54) is 7.11 Å². The van der Waals surface area contributed by atoms with Crippen molar-refractivity contribution in [2.24, 2.45) is 5.73 Å². The van der Waals surface area contributed by atoms with Crippen molar-refractivity contribution in [1.29, 1.82) is 0 Å². The van der Waals surface area contributed by atoms with Gasteiger partial charge in [0, 0.05) is 36.6 Å². The molecule has 38 heavy (non-hydrogen) atoms. The van der Waals surface area contributed by atoms with Gasteiger partial charge >= 0.3 is 5.97 Å². The van der Waals surface area contributed by atoms with Gasteiger partial charge in [-0.25, -0.2) is 4.79 Å². The van der Waals surface area contributed by atoms with E-state index in [4.69, 9.17) is 24.4 Å². The minimum atomic E-state index is -1.01. The molecular weight excluding hydrogens is 484 g/mol. The molecule has 0 aliphatic heterocycles. The lowest BCUT2D eigenvalue weighted by atomic mass is 9.99. The summed E-state index contributed by atoms with van der Waals surface area (Å²) in [4.78, 5) is 25.3. The van der Waals surface area contributed by atoms with Crippen molar-refractivity contribution in [3.8, 4) is 16.9 Å². The van der Waals surface area contributed by atoms with Gasteiger partial charge in [-0.3, -0.25) is 4.79 Å². The summed E-state index contributed by atoms with van der Waals surface area (Å²) in [5.74, 6) is -0.415. The van der Waals surface area contributed by atoms with Crippen molar-refractivity contribution in [3.05, 3.63) is 89.7 Å². The van der Waals surface area contributed by atoms with Gasteiger partial charge in [0.1, 0.15) is 17.9 Å². The average Bonchev–Trinajstić information content (AvgIpc) is 3.42. The van der Waals surface area contributed by atoms with Crippen LogP contribution in [0.2, 0.25) is 0 Å². The number of amides is 1. The number of esters is 1. The third-order valence-electron chi connectivity index (χ3n) is 6.07. The van der Waals surface area contributed by atoms with Crippen LogP contribution >= 0.6 is 0 Å². The van der Waals surface area contributed by atoms with Crippen LogP contribution in [0.5, 0.6) is 5.75 Å². The van der Waals surface area contributed by atoms with E-state index < -0.39 is 12.0 Å². The summed E-state index contributed by atoms with van der Waals surface area (Å²) < 4.78 is 22.2. The average molecular weight is 517 g/mol. The number of methoxy groups -OCH3 is 1. The van der Waals surface area contributed by atoms with E-state index in [0.29, 0.717) is 17.9 Å². The Bertz CT molecular complexity index is 1400. The van der Waals surface area contributed by atoms with Crippen molar-refractivity contribution in [2.75, 3.05) is 20.3 Å². The molecule has 4 rings (SSSR count). The molecule has 0 aliphatic rings. The third kappa shape index (κ3) is 6.40. The molecule has 0 radical (unpaired) electrons. The normalized spacial score (nSPS) is 11.8. The molecule has 3 aromatic carbocycles. The zero-order valence-corrected chi connectivity index (χ0v) is 21.6. The molecule has 0 spiro atoms. The maximum Gasteiger partial charge on any atom is 0.333 e. The molecule has 3 N–H and O–H groups in total. The SMILES string of the molecule is CCOC(=O)C(NC(=O)CCOC)c1ccccc1OCc1cc(-c2cccc(CN)c2)c2occc2c1. The van der Waals surface area contributed by atoms with Gasteiger partial charge in [0.05, 0.1) is 19.5 Å². The molecular formula is C30H32N2O6. The molecule has 1 unspecified atom stereocenters. The number of carbonyl (C=O) groups excluding carboxylic acids is 2. The number of fused-ring (bicyclic) bond motifs is 1. The Labute approximate surface area is 221 Å². The highest BCUT2D eigenvalue weighted by molar-refractivity contribution is 5.93. The van der Waals surface area contributed by atoms with Crippen molar-refractivity contribution >= 4 is 22.8 Å². The molecule has 198 valence electrons. The van der Waals surface area contributed by atoms with Gasteiger partial charge in [-0.05, 0) is 53.9 Å². The summed E-state index contributed by atoms with van der Waals surface area (Å²) in [6.07, 6.45) is 1.78. The molecule has 1 aromatic heterocycles. The minimum Gasteiger partial charge on any atom is -0.489 e. The van der Waals surface area contributed by atoms with E-state index in [9.17, 15) is 9.59 Å². The first-order valence-corrected chi connectivity index (χ1v) is 12.5. The molecule has 0 saturated heterocycles. The van der Waals surface area contributed by atoms with Crippen LogP contribution in [0.1, 0.15) is 36.1 Å². The van der Waals surface area contributed by atoms with E-state index in [1.807, 2.05) is 48.5 Å². The van der Waals surface area contributed by atoms with Crippen molar-refractivity contribution in [1.82, 2.24) is 5.32 Å². The van der Waals surface area contributed by atoms with Gasteiger partial charge in [-0.15, -0.1) is 0 Å². The lowest BCUT2D eigenvalue weighted by molar-refractivity contribution is -0.147. The number of carbonyl (C=O) groups is 2. The Morgan fingerprint density at radius 2 is 1.87 bits per heavy atom. The van der Waals surface area contributed by atoms with Crippen LogP contribution in [-0.2, 0) is 32.2 Å². The highest BCUT2D eigenvalue weighted by atomic mass is 16.5. The van der Waals surface area contributed by atoms with Crippen LogP contribution in [0.4, 0.5) is 0 Å². The zero-order chi connectivity index (χ0) is 26.9. The summed E-state index contributed by atoms with van der Waals surface area (Å²) >= 11 is 0. The number of nitrogens with one attached hydrogen (secondary N) is 1. The molecule has 8 heteroatoms. The Hall–Kier alpha value is -4.14. The number of para-hydroxylation sites is 1. The molecule has 1 amide bonds. The van der Waals surface area contributed by atoms with Crippen LogP contribution in [0, 0.1) is 0 Å². The fourth-order valence-corrected chi connectivity index (χ4v) is 4.24. The number of ether oxygens (including phenoxy) is 3. The number of rotatable bonds is 12. The van der Waals surface area contributed by atoms with Crippen LogP contribution in [0.15, 0.2) is 77.4 Å². The van der Waals surface area contributed by atoms with Gasteiger partial charge in [0.25, 0.3) is 0 Å². The maximum absolute atomic E-state index is 12.8. The topological polar surface area (TPSA) is 113 Å². The standard InChI is InChI=1S/C30H32N2O6/c1-3-36-30(34)28(32-27(33)12-13-35-2)24-9-4-5-10-26(24)38-19-21-16-23-11-14-37-29(23)25(17-21)22-8-6-7-20(15-22)18-31/h4-11,14-17,28H,3,12-13,18-19,31H2,1-2H3,(H,32,33). The van der Waals surface area contributed by atoms with Crippen molar-refractivity contribution in [3.63, 3.8) is 0 Å². The van der Waals surface area contributed by atoms with Crippen molar-refractivity contribution < 1.29 is 28.2 Å². The Kier molecular flexibility index (Phi) is 9.13. The summed E-state index contributed by atoms with van der Waals surface area (Å²) in [5, 5.41) is 3.70. The Morgan fingerprint density at radius 1 is 1.03 bits per heavy atom. The molecule has 1 atom stereocenters. The largest absolute Gasteiger partial charge is 0.489 e. The second-order valence-electron chi connectivity index (χ2n) is 8.71. The summed E-state index contributed by atoms with van der Waals surface area (Å²) in [6.45, 7) is 2.82. The first-order chi connectivity index (χ1) is 18.5. The molecule has 0 fully saturated rings. The maximum atomic E-state index is 12.8. The molecule has 0 bridgehead atoms. The van der Waals surface area contributed by atoms with Gasteiger partial charge in [0.2, 0.25) is 5.91 Å². The van der Waals surface area contributed by atoms with Gasteiger partial charge in [0.15, 0.2) is 6.04 Å². The fraction of sp³-hybridized carbons (Fsp3) is 0.267. The van der Waals surface area contributed by atoms with E-state index in [-0.39, 0.29) is 32.1 Å². The molecule has 0 saturated carbocycles. The highest BCUT2D eigenvalue weighted by Crippen LogP contribution is 2.33. The quantitative estimate of drug-likeness (QED) is 0.258. The smallest absolute Gasteiger partial charge is 0.333 e. The first-order valence-electron chi connectivity index (χ1n) is 12.5. The van der Waals surface area contributed by atoms with Gasteiger partial charge in [-0.2, -0.15) is 0 Å². The highest BCUT2D eigenvalue weighted by Gasteiger charge is 2.27. The third-order valence-corrected chi connectivity index (χ3v) is 6.07. The van der Waals surface area contributed by atoms with E-state index >= 15 is 0 Å². The second kappa shape index (κ2) is 12.9. The van der Waals surface area contributed by atoms with Crippen molar-refractivity contribution in [2.45, 2.75) is 32.5 Å². The molecule has 0 aliphatic carbocycles. The summed E-state index contributed by atoms with van der Waals surface area (Å²) in [6, 6.07) is 20.1. The molecule has 1 heterocycles. The van der Waals surface area contributed by atoms with Crippen LogP contribution in [-0.4, -0.2) is 32.2 Å².